The second kappa shape index (κ2) is 7.17. The van der Waals surface area contributed by atoms with Crippen LogP contribution in [0.4, 0.5) is 13.2 Å². The molecule has 134 valence electrons. The molecular formula is C18H13F3N2O2S. The molecule has 0 fully saturated rings. The molecule has 3 aromatic rings. The summed E-state index contributed by atoms with van der Waals surface area (Å²) in [6, 6.07) is 11.4. The van der Waals surface area contributed by atoms with E-state index >= 15 is 0 Å². The van der Waals surface area contributed by atoms with Gasteiger partial charge in [0.15, 0.2) is 0 Å². The van der Waals surface area contributed by atoms with Gasteiger partial charge in [0.2, 0.25) is 0 Å². The summed E-state index contributed by atoms with van der Waals surface area (Å²) in [4.78, 5) is 16.3. The highest BCUT2D eigenvalue weighted by Crippen LogP contribution is 2.33. The molecular weight excluding hydrogens is 365 g/mol. The quantitative estimate of drug-likeness (QED) is 0.704. The average molecular weight is 378 g/mol. The minimum absolute atomic E-state index is 0.0655. The number of aromatic nitrogens is 1. The second-order valence-electron chi connectivity index (χ2n) is 5.43. The van der Waals surface area contributed by atoms with Gasteiger partial charge in [0, 0.05) is 23.1 Å². The smallest absolute Gasteiger partial charge is 0.416 e. The van der Waals surface area contributed by atoms with Gasteiger partial charge in [-0.1, -0.05) is 30.3 Å². The summed E-state index contributed by atoms with van der Waals surface area (Å²) in [6.45, 7) is 0.113. The van der Waals surface area contributed by atoms with Crippen molar-refractivity contribution in [1.82, 2.24) is 10.3 Å². The number of phenols is 1. The first kappa shape index (κ1) is 17.9. The molecule has 0 saturated heterocycles. The van der Waals surface area contributed by atoms with Crippen LogP contribution in [0, 0.1) is 0 Å². The van der Waals surface area contributed by atoms with E-state index in [9.17, 15) is 23.1 Å². The maximum absolute atomic E-state index is 12.8. The highest BCUT2D eigenvalue weighted by Gasteiger charge is 2.30. The van der Waals surface area contributed by atoms with Crippen LogP contribution in [0.3, 0.4) is 0 Å². The normalized spacial score (nSPS) is 11.3. The van der Waals surface area contributed by atoms with Gasteiger partial charge in [0.25, 0.3) is 5.91 Å². The van der Waals surface area contributed by atoms with Crippen LogP contribution >= 0.6 is 11.3 Å². The van der Waals surface area contributed by atoms with Crippen LogP contribution in [-0.4, -0.2) is 16.0 Å². The number of thiazole rings is 1. The fourth-order valence-electron chi connectivity index (χ4n) is 2.27. The first-order valence-electron chi connectivity index (χ1n) is 7.53. The van der Waals surface area contributed by atoms with Crippen LogP contribution in [0.15, 0.2) is 53.9 Å². The van der Waals surface area contributed by atoms with Crippen molar-refractivity contribution >= 4 is 17.2 Å². The summed E-state index contributed by atoms with van der Waals surface area (Å²) >= 11 is 1.09. The number of phenolic OH excluding ortho intramolecular Hbond substituents is 1. The Kier molecular flexibility index (Phi) is 4.94. The van der Waals surface area contributed by atoms with Gasteiger partial charge in [-0.15, -0.1) is 11.3 Å². The van der Waals surface area contributed by atoms with Crippen molar-refractivity contribution in [3.63, 3.8) is 0 Å². The number of rotatable bonds is 4. The maximum atomic E-state index is 12.8. The zero-order valence-electron chi connectivity index (χ0n) is 13.2. The van der Waals surface area contributed by atoms with E-state index in [0.29, 0.717) is 16.1 Å². The topological polar surface area (TPSA) is 62.2 Å². The van der Waals surface area contributed by atoms with Crippen LogP contribution in [-0.2, 0) is 12.7 Å². The predicted molar refractivity (Wildman–Crippen MR) is 91.8 cm³/mol. The summed E-state index contributed by atoms with van der Waals surface area (Å²) in [7, 11) is 0. The molecule has 8 heteroatoms. The summed E-state index contributed by atoms with van der Waals surface area (Å²) < 4.78 is 38.4. The lowest BCUT2D eigenvalue weighted by molar-refractivity contribution is -0.137. The fourth-order valence-corrected chi connectivity index (χ4v) is 3.06. The number of carbonyl (C=O) groups is 1. The third kappa shape index (κ3) is 4.02. The molecule has 4 nitrogen and oxygen atoms in total. The van der Waals surface area contributed by atoms with Crippen molar-refractivity contribution < 1.29 is 23.1 Å². The van der Waals surface area contributed by atoms with Gasteiger partial charge < -0.3 is 10.4 Å². The number of nitrogens with one attached hydrogen (secondary N) is 1. The van der Waals surface area contributed by atoms with Crippen LogP contribution in [0.1, 0.15) is 21.6 Å². The Labute approximate surface area is 151 Å². The number of amides is 1. The van der Waals surface area contributed by atoms with Gasteiger partial charge in [0.05, 0.1) is 5.56 Å². The highest BCUT2D eigenvalue weighted by atomic mass is 32.1. The summed E-state index contributed by atoms with van der Waals surface area (Å²) in [6.07, 6.45) is -4.44. The lowest BCUT2D eigenvalue weighted by atomic mass is 10.1. The van der Waals surface area contributed by atoms with E-state index in [0.717, 1.165) is 23.5 Å². The Balaban J connectivity index is 1.73. The number of hydrogen-bond acceptors (Lipinski definition) is 4. The van der Waals surface area contributed by atoms with Gasteiger partial charge in [-0.2, -0.15) is 13.2 Å². The van der Waals surface area contributed by atoms with Gasteiger partial charge >= 0.3 is 6.18 Å². The molecule has 1 amide bonds. The number of aromatic hydroxyl groups is 1. The first-order valence-corrected chi connectivity index (χ1v) is 8.41. The summed E-state index contributed by atoms with van der Waals surface area (Å²) in [5, 5.41) is 14.1. The van der Waals surface area contributed by atoms with Crippen LogP contribution in [0.25, 0.3) is 10.6 Å². The number of benzene rings is 2. The maximum Gasteiger partial charge on any atom is 0.416 e. The van der Waals surface area contributed by atoms with Crippen molar-refractivity contribution in [2.75, 3.05) is 0 Å². The van der Waals surface area contributed by atoms with E-state index in [1.807, 2.05) is 0 Å². The molecule has 0 saturated carbocycles. The SMILES string of the molecule is O=C(NCc1ccccc1O)c1csc(-c2cccc(C(F)(F)F)c2)n1. The van der Waals surface area contributed by atoms with Crippen molar-refractivity contribution in [3.8, 4) is 16.3 Å². The van der Waals surface area contributed by atoms with Gasteiger partial charge in [-0.05, 0) is 18.2 Å². The Morgan fingerprint density at radius 2 is 1.92 bits per heavy atom. The molecule has 0 spiro atoms. The van der Waals surface area contributed by atoms with E-state index in [1.165, 1.54) is 23.6 Å². The molecule has 2 N–H and O–H groups in total. The predicted octanol–water partition coefficient (Wildman–Crippen LogP) is 4.46. The van der Waals surface area contributed by atoms with E-state index in [-0.39, 0.29) is 18.0 Å². The van der Waals surface area contributed by atoms with E-state index in [4.69, 9.17) is 0 Å². The van der Waals surface area contributed by atoms with Crippen LogP contribution in [0.2, 0.25) is 0 Å². The van der Waals surface area contributed by atoms with Crippen molar-refractivity contribution in [3.05, 3.63) is 70.7 Å². The van der Waals surface area contributed by atoms with E-state index in [1.54, 1.807) is 18.2 Å². The Morgan fingerprint density at radius 1 is 1.15 bits per heavy atom. The molecule has 1 aromatic heterocycles. The van der Waals surface area contributed by atoms with Crippen LogP contribution in [0.5, 0.6) is 5.75 Å². The monoisotopic (exact) mass is 378 g/mol. The van der Waals surface area contributed by atoms with Crippen molar-refractivity contribution in [2.45, 2.75) is 12.7 Å². The Morgan fingerprint density at radius 3 is 2.65 bits per heavy atom. The zero-order chi connectivity index (χ0) is 18.7. The molecule has 26 heavy (non-hydrogen) atoms. The summed E-state index contributed by atoms with van der Waals surface area (Å²) in [5.74, 6) is -0.404. The lowest BCUT2D eigenvalue weighted by Crippen LogP contribution is -2.23. The molecule has 0 atom stereocenters. The Hall–Kier alpha value is -2.87. The molecule has 1 heterocycles. The third-order valence-electron chi connectivity index (χ3n) is 3.60. The number of carbonyl (C=O) groups excluding carboxylic acids is 1. The summed E-state index contributed by atoms with van der Waals surface area (Å²) in [5.41, 5.74) is 0.187. The number of para-hydroxylation sites is 1. The molecule has 3 rings (SSSR count). The molecule has 0 radical (unpaired) electrons. The zero-order valence-corrected chi connectivity index (χ0v) is 14.1. The Bertz CT molecular complexity index is 938. The average Bonchev–Trinajstić information content (AvgIpc) is 3.10. The third-order valence-corrected chi connectivity index (χ3v) is 4.50. The second-order valence-corrected chi connectivity index (χ2v) is 6.29. The van der Waals surface area contributed by atoms with Crippen molar-refractivity contribution in [1.29, 1.82) is 0 Å². The molecule has 0 unspecified atom stereocenters. The number of alkyl halides is 3. The number of halogens is 3. The molecule has 2 aromatic carbocycles. The lowest BCUT2D eigenvalue weighted by Gasteiger charge is -2.07. The molecule has 0 bridgehead atoms. The van der Waals surface area contributed by atoms with Gasteiger partial charge in [0.1, 0.15) is 16.5 Å². The molecule has 0 aliphatic rings. The molecule has 0 aliphatic carbocycles. The largest absolute Gasteiger partial charge is 0.508 e. The van der Waals surface area contributed by atoms with Gasteiger partial charge in [-0.3, -0.25) is 4.79 Å². The van der Waals surface area contributed by atoms with E-state index in [2.05, 4.69) is 10.3 Å². The van der Waals surface area contributed by atoms with Gasteiger partial charge in [-0.25, -0.2) is 4.98 Å². The molecule has 0 aliphatic heterocycles. The van der Waals surface area contributed by atoms with Crippen molar-refractivity contribution in [2.24, 2.45) is 0 Å². The minimum atomic E-state index is -4.44. The minimum Gasteiger partial charge on any atom is -0.508 e. The number of hydrogen-bond donors (Lipinski definition) is 2. The highest BCUT2D eigenvalue weighted by molar-refractivity contribution is 7.13. The first-order chi connectivity index (χ1) is 12.3. The fraction of sp³-hybridized carbons (Fsp3) is 0.111. The van der Waals surface area contributed by atoms with E-state index < -0.39 is 17.6 Å². The standard InChI is InChI=1S/C18H13F3N2O2S/c19-18(20,21)13-6-3-5-11(8-13)17-23-14(10-26-17)16(25)22-9-12-4-1-2-7-15(12)24/h1-8,10,24H,9H2,(H,22,25). The number of nitrogens with zero attached hydrogens (tertiary/aromatic N) is 1. The van der Waals surface area contributed by atoms with Crippen LogP contribution < -0.4 is 5.32 Å².